The van der Waals surface area contributed by atoms with E-state index in [9.17, 15) is 4.79 Å². The molecule has 0 aliphatic carbocycles. The lowest BCUT2D eigenvalue weighted by molar-refractivity contribution is -0.120. The van der Waals surface area contributed by atoms with Gasteiger partial charge in [-0.1, -0.05) is 38.1 Å². The Bertz CT molecular complexity index is 453. The number of hydrogen-bond donors (Lipinski definition) is 2. The number of nitrogens with one attached hydrogen (secondary N) is 2. The second-order valence-electron chi connectivity index (χ2n) is 6.94. The Morgan fingerprint density at radius 1 is 1.26 bits per heavy atom. The molecule has 0 spiro atoms. The number of piperidine rings is 1. The highest BCUT2D eigenvalue weighted by Gasteiger charge is 2.12. The van der Waals surface area contributed by atoms with Crippen molar-refractivity contribution in [3.8, 4) is 0 Å². The average molecular weight is 339 g/mol. The van der Waals surface area contributed by atoms with Crippen molar-refractivity contribution in [2.45, 2.75) is 46.0 Å². The SMILES string of the molecule is CC(C)Cc1ccc(CC(=O)NCCC2CCCNC2)cc1.Cl. The largest absolute Gasteiger partial charge is 0.356 e. The molecule has 1 unspecified atom stereocenters. The van der Waals surface area contributed by atoms with E-state index in [0.29, 0.717) is 12.3 Å². The van der Waals surface area contributed by atoms with Crippen molar-refractivity contribution in [2.24, 2.45) is 11.8 Å². The smallest absolute Gasteiger partial charge is 0.224 e. The summed E-state index contributed by atoms with van der Waals surface area (Å²) in [6, 6.07) is 8.47. The molecule has 2 rings (SSSR count). The molecule has 1 aliphatic rings. The molecule has 1 heterocycles. The monoisotopic (exact) mass is 338 g/mol. The highest BCUT2D eigenvalue weighted by atomic mass is 35.5. The van der Waals surface area contributed by atoms with Crippen LogP contribution in [-0.4, -0.2) is 25.5 Å². The number of carbonyl (C=O) groups is 1. The number of amides is 1. The molecule has 0 radical (unpaired) electrons. The van der Waals surface area contributed by atoms with Crippen LogP contribution in [0.4, 0.5) is 0 Å². The van der Waals surface area contributed by atoms with Crippen LogP contribution in [0.5, 0.6) is 0 Å². The molecule has 4 heteroatoms. The second-order valence-corrected chi connectivity index (χ2v) is 6.94. The van der Waals surface area contributed by atoms with Crippen molar-refractivity contribution in [3.05, 3.63) is 35.4 Å². The molecule has 1 aromatic carbocycles. The van der Waals surface area contributed by atoms with Gasteiger partial charge in [-0.3, -0.25) is 4.79 Å². The minimum Gasteiger partial charge on any atom is -0.356 e. The van der Waals surface area contributed by atoms with E-state index in [4.69, 9.17) is 0 Å². The van der Waals surface area contributed by atoms with Crippen LogP contribution in [0.3, 0.4) is 0 Å². The van der Waals surface area contributed by atoms with E-state index in [0.717, 1.165) is 44.0 Å². The van der Waals surface area contributed by atoms with Crippen LogP contribution in [0.25, 0.3) is 0 Å². The summed E-state index contributed by atoms with van der Waals surface area (Å²) in [5, 5.41) is 6.48. The Morgan fingerprint density at radius 2 is 1.96 bits per heavy atom. The van der Waals surface area contributed by atoms with Crippen LogP contribution in [0, 0.1) is 11.8 Å². The van der Waals surface area contributed by atoms with Gasteiger partial charge in [-0.25, -0.2) is 0 Å². The summed E-state index contributed by atoms with van der Waals surface area (Å²) in [5.41, 5.74) is 2.45. The molecular formula is C19H31ClN2O. The van der Waals surface area contributed by atoms with Crippen LogP contribution in [0.1, 0.15) is 44.2 Å². The highest BCUT2D eigenvalue weighted by Crippen LogP contribution is 2.13. The maximum atomic E-state index is 12.0. The van der Waals surface area contributed by atoms with Gasteiger partial charge in [-0.05, 0) is 61.7 Å². The van der Waals surface area contributed by atoms with Crippen molar-refractivity contribution in [1.82, 2.24) is 10.6 Å². The van der Waals surface area contributed by atoms with E-state index < -0.39 is 0 Å². The Morgan fingerprint density at radius 3 is 2.57 bits per heavy atom. The van der Waals surface area contributed by atoms with Gasteiger partial charge in [0.2, 0.25) is 5.91 Å². The predicted molar refractivity (Wildman–Crippen MR) is 99.2 cm³/mol. The molecule has 1 aliphatic heterocycles. The molecule has 3 nitrogen and oxygen atoms in total. The Kier molecular flexibility index (Phi) is 9.27. The maximum absolute atomic E-state index is 12.0. The predicted octanol–water partition coefficient (Wildman–Crippen LogP) is 3.36. The van der Waals surface area contributed by atoms with E-state index in [1.54, 1.807) is 0 Å². The van der Waals surface area contributed by atoms with E-state index in [1.165, 1.54) is 18.4 Å². The summed E-state index contributed by atoms with van der Waals surface area (Å²) < 4.78 is 0. The number of benzene rings is 1. The zero-order valence-electron chi connectivity index (χ0n) is 14.4. The molecule has 1 fully saturated rings. The van der Waals surface area contributed by atoms with Gasteiger partial charge in [-0.2, -0.15) is 0 Å². The van der Waals surface area contributed by atoms with Crippen molar-refractivity contribution >= 4 is 18.3 Å². The average Bonchev–Trinajstić information content (AvgIpc) is 2.50. The highest BCUT2D eigenvalue weighted by molar-refractivity contribution is 5.85. The van der Waals surface area contributed by atoms with Crippen LogP contribution < -0.4 is 10.6 Å². The summed E-state index contributed by atoms with van der Waals surface area (Å²) in [7, 11) is 0. The van der Waals surface area contributed by atoms with Gasteiger partial charge in [-0.15, -0.1) is 12.4 Å². The first-order valence-electron chi connectivity index (χ1n) is 8.68. The van der Waals surface area contributed by atoms with Crippen LogP contribution in [-0.2, 0) is 17.6 Å². The van der Waals surface area contributed by atoms with Gasteiger partial charge in [0.25, 0.3) is 0 Å². The molecule has 1 atom stereocenters. The molecule has 1 amide bonds. The number of halogens is 1. The van der Waals surface area contributed by atoms with E-state index in [2.05, 4.69) is 48.7 Å². The summed E-state index contributed by atoms with van der Waals surface area (Å²) in [6.07, 6.45) is 5.24. The lowest BCUT2D eigenvalue weighted by Crippen LogP contribution is -2.33. The van der Waals surface area contributed by atoms with E-state index in [-0.39, 0.29) is 18.3 Å². The quantitative estimate of drug-likeness (QED) is 0.800. The van der Waals surface area contributed by atoms with Gasteiger partial charge in [0.05, 0.1) is 6.42 Å². The van der Waals surface area contributed by atoms with E-state index in [1.807, 2.05) is 0 Å². The Labute approximate surface area is 147 Å². The van der Waals surface area contributed by atoms with Crippen LogP contribution >= 0.6 is 12.4 Å². The summed E-state index contributed by atoms with van der Waals surface area (Å²) in [5.74, 6) is 1.54. The van der Waals surface area contributed by atoms with Crippen molar-refractivity contribution in [3.63, 3.8) is 0 Å². The number of carbonyl (C=O) groups excluding carboxylic acids is 1. The molecule has 1 aromatic rings. The lowest BCUT2D eigenvalue weighted by Gasteiger charge is -2.22. The minimum atomic E-state index is 0. The van der Waals surface area contributed by atoms with Crippen molar-refractivity contribution < 1.29 is 4.79 Å². The van der Waals surface area contributed by atoms with Gasteiger partial charge in [0, 0.05) is 6.54 Å². The first-order valence-corrected chi connectivity index (χ1v) is 8.68. The van der Waals surface area contributed by atoms with Gasteiger partial charge < -0.3 is 10.6 Å². The van der Waals surface area contributed by atoms with Crippen LogP contribution in [0.15, 0.2) is 24.3 Å². The zero-order valence-corrected chi connectivity index (χ0v) is 15.3. The molecule has 130 valence electrons. The molecule has 0 bridgehead atoms. The van der Waals surface area contributed by atoms with E-state index >= 15 is 0 Å². The Hall–Kier alpha value is -1.06. The van der Waals surface area contributed by atoms with Crippen molar-refractivity contribution in [2.75, 3.05) is 19.6 Å². The number of rotatable bonds is 7. The summed E-state index contributed by atoms with van der Waals surface area (Å²) >= 11 is 0. The fourth-order valence-electron chi connectivity index (χ4n) is 3.10. The van der Waals surface area contributed by atoms with Gasteiger partial charge in [0.1, 0.15) is 0 Å². The Balaban J connectivity index is 0.00000264. The fraction of sp³-hybridized carbons (Fsp3) is 0.632. The fourth-order valence-corrected chi connectivity index (χ4v) is 3.10. The molecule has 0 aromatic heterocycles. The molecule has 1 saturated heterocycles. The topological polar surface area (TPSA) is 41.1 Å². The zero-order chi connectivity index (χ0) is 15.8. The third-order valence-electron chi connectivity index (χ3n) is 4.31. The minimum absolute atomic E-state index is 0. The van der Waals surface area contributed by atoms with Crippen LogP contribution in [0.2, 0.25) is 0 Å². The second kappa shape index (κ2) is 10.7. The third kappa shape index (κ3) is 7.85. The maximum Gasteiger partial charge on any atom is 0.224 e. The van der Waals surface area contributed by atoms with Gasteiger partial charge in [0.15, 0.2) is 0 Å². The molecule has 23 heavy (non-hydrogen) atoms. The summed E-state index contributed by atoms with van der Waals surface area (Å²) in [4.78, 5) is 12.0. The van der Waals surface area contributed by atoms with Gasteiger partial charge >= 0.3 is 0 Å². The number of hydrogen-bond acceptors (Lipinski definition) is 2. The lowest BCUT2D eigenvalue weighted by atomic mass is 9.96. The first kappa shape index (κ1) is 20.0. The standard InChI is InChI=1S/C19H30N2O.ClH/c1-15(2)12-16-5-7-17(8-6-16)13-19(22)21-11-9-18-4-3-10-20-14-18;/h5-8,15,18,20H,3-4,9-14H2,1-2H3,(H,21,22);1H. The third-order valence-corrected chi connectivity index (χ3v) is 4.31. The summed E-state index contributed by atoms with van der Waals surface area (Å²) in [6.45, 7) is 7.51. The normalized spacial score (nSPS) is 17.6. The van der Waals surface area contributed by atoms with Crippen molar-refractivity contribution in [1.29, 1.82) is 0 Å². The molecule has 2 N–H and O–H groups in total. The molecular weight excluding hydrogens is 308 g/mol. The first-order chi connectivity index (χ1) is 10.6. The molecule has 0 saturated carbocycles.